The number of carbonyl (C=O) groups excluding carboxylic acids is 2. The zero-order valence-corrected chi connectivity index (χ0v) is 14.2. The van der Waals surface area contributed by atoms with Gasteiger partial charge in [0.15, 0.2) is 5.82 Å². The summed E-state index contributed by atoms with van der Waals surface area (Å²) in [5.74, 6) is 0.602. The van der Waals surface area contributed by atoms with Crippen LogP contribution in [0.25, 0.3) is 0 Å². The summed E-state index contributed by atoms with van der Waals surface area (Å²) in [6, 6.07) is 9.51. The summed E-state index contributed by atoms with van der Waals surface area (Å²) in [6.07, 6.45) is 2.70. The molecular formula is C18H22N4O3. The van der Waals surface area contributed by atoms with E-state index in [0.717, 1.165) is 24.9 Å². The fourth-order valence-corrected chi connectivity index (χ4v) is 2.72. The van der Waals surface area contributed by atoms with Crippen LogP contribution in [0.2, 0.25) is 0 Å². The molecule has 7 nitrogen and oxygen atoms in total. The van der Waals surface area contributed by atoms with Gasteiger partial charge in [-0.1, -0.05) is 17.3 Å². The average molecular weight is 342 g/mol. The lowest BCUT2D eigenvalue weighted by atomic mass is 10.1. The summed E-state index contributed by atoms with van der Waals surface area (Å²) in [7, 11) is 0. The number of amides is 2. The Labute approximate surface area is 146 Å². The minimum atomic E-state index is -0.426. The number of aromatic nitrogens is 1. The molecule has 132 valence electrons. The fraction of sp³-hybridized carbons (Fsp3) is 0.389. The molecule has 0 saturated heterocycles. The van der Waals surface area contributed by atoms with Crippen molar-refractivity contribution in [2.45, 2.75) is 38.8 Å². The van der Waals surface area contributed by atoms with Crippen LogP contribution in [0.5, 0.6) is 0 Å². The van der Waals surface area contributed by atoms with E-state index >= 15 is 0 Å². The summed E-state index contributed by atoms with van der Waals surface area (Å²) >= 11 is 0. The van der Waals surface area contributed by atoms with E-state index < -0.39 is 5.91 Å². The van der Waals surface area contributed by atoms with Gasteiger partial charge in [0.05, 0.1) is 0 Å². The molecule has 25 heavy (non-hydrogen) atoms. The highest BCUT2D eigenvalue weighted by atomic mass is 16.5. The summed E-state index contributed by atoms with van der Waals surface area (Å²) in [5.41, 5.74) is 6.87. The van der Waals surface area contributed by atoms with E-state index in [1.54, 1.807) is 25.1 Å². The Hall–Kier alpha value is -2.67. The number of nitrogens with zero attached hydrogens (tertiary/aromatic N) is 2. The first-order valence-corrected chi connectivity index (χ1v) is 8.37. The lowest BCUT2D eigenvalue weighted by Crippen LogP contribution is -2.29. The van der Waals surface area contributed by atoms with Crippen LogP contribution < -0.4 is 11.1 Å². The summed E-state index contributed by atoms with van der Waals surface area (Å²) < 4.78 is 4.94. The molecule has 1 aliphatic rings. The van der Waals surface area contributed by atoms with E-state index in [0.29, 0.717) is 36.1 Å². The van der Waals surface area contributed by atoms with Crippen molar-refractivity contribution in [1.29, 1.82) is 0 Å². The van der Waals surface area contributed by atoms with Crippen molar-refractivity contribution in [2.24, 2.45) is 5.73 Å². The summed E-state index contributed by atoms with van der Waals surface area (Å²) in [6.45, 7) is 3.20. The molecule has 1 aliphatic carbocycles. The van der Waals surface area contributed by atoms with Gasteiger partial charge in [0.2, 0.25) is 11.8 Å². The van der Waals surface area contributed by atoms with Gasteiger partial charge in [0.25, 0.3) is 0 Å². The second-order valence-electron chi connectivity index (χ2n) is 6.38. The Morgan fingerprint density at radius 2 is 2.04 bits per heavy atom. The van der Waals surface area contributed by atoms with Gasteiger partial charge in [0, 0.05) is 37.2 Å². The summed E-state index contributed by atoms with van der Waals surface area (Å²) in [5, 5.41) is 6.50. The number of primary amides is 1. The van der Waals surface area contributed by atoms with E-state index in [9.17, 15) is 9.59 Å². The first-order valence-electron chi connectivity index (χ1n) is 8.37. The quantitative estimate of drug-likeness (QED) is 0.765. The number of anilines is 1. The van der Waals surface area contributed by atoms with Crippen molar-refractivity contribution < 1.29 is 14.1 Å². The zero-order valence-electron chi connectivity index (χ0n) is 14.2. The largest absolute Gasteiger partial charge is 0.366 e. The minimum absolute atomic E-state index is 0.0805. The van der Waals surface area contributed by atoms with Crippen LogP contribution in [0, 0.1) is 6.92 Å². The van der Waals surface area contributed by atoms with Gasteiger partial charge in [-0.05, 0) is 37.5 Å². The van der Waals surface area contributed by atoms with Crippen molar-refractivity contribution in [3.63, 3.8) is 0 Å². The number of nitrogens with two attached hydrogens (primary N) is 1. The predicted molar refractivity (Wildman–Crippen MR) is 92.9 cm³/mol. The second-order valence-corrected chi connectivity index (χ2v) is 6.38. The van der Waals surface area contributed by atoms with Gasteiger partial charge >= 0.3 is 0 Å². The third kappa shape index (κ3) is 4.90. The number of nitrogens with one attached hydrogen (secondary N) is 1. The van der Waals surface area contributed by atoms with Crippen molar-refractivity contribution in [2.75, 3.05) is 11.9 Å². The van der Waals surface area contributed by atoms with E-state index in [4.69, 9.17) is 10.3 Å². The molecule has 0 unspecified atom stereocenters. The van der Waals surface area contributed by atoms with Crippen LogP contribution in [0.3, 0.4) is 0 Å². The fourth-order valence-electron chi connectivity index (χ4n) is 2.72. The van der Waals surface area contributed by atoms with Crippen LogP contribution in [0.4, 0.5) is 5.82 Å². The maximum atomic E-state index is 12.1. The molecule has 3 rings (SSSR count). The Morgan fingerprint density at radius 1 is 1.32 bits per heavy atom. The maximum Gasteiger partial charge on any atom is 0.248 e. The van der Waals surface area contributed by atoms with Gasteiger partial charge < -0.3 is 15.6 Å². The number of benzene rings is 1. The first kappa shape index (κ1) is 17.2. The molecule has 1 heterocycles. The monoisotopic (exact) mass is 342 g/mol. The van der Waals surface area contributed by atoms with Crippen LogP contribution in [-0.2, 0) is 11.3 Å². The third-order valence-corrected chi connectivity index (χ3v) is 4.21. The van der Waals surface area contributed by atoms with Crippen LogP contribution in [0.1, 0.15) is 40.9 Å². The van der Waals surface area contributed by atoms with Crippen molar-refractivity contribution in [1.82, 2.24) is 10.1 Å². The molecule has 1 aromatic heterocycles. The molecule has 0 atom stereocenters. The number of carbonyl (C=O) groups is 2. The first-order chi connectivity index (χ1) is 12.0. The molecule has 1 saturated carbocycles. The normalized spacial score (nSPS) is 13.8. The molecule has 0 aliphatic heterocycles. The second kappa shape index (κ2) is 7.48. The molecule has 0 radical (unpaired) electrons. The molecule has 0 spiro atoms. The Balaban J connectivity index is 1.52. The highest BCUT2D eigenvalue weighted by Gasteiger charge is 2.29. The molecule has 2 amide bonds. The minimum Gasteiger partial charge on any atom is -0.366 e. The smallest absolute Gasteiger partial charge is 0.248 e. The molecule has 7 heteroatoms. The zero-order chi connectivity index (χ0) is 17.8. The van der Waals surface area contributed by atoms with Crippen molar-refractivity contribution in [3.8, 4) is 0 Å². The number of rotatable bonds is 8. The molecule has 2 aromatic rings. The number of hydrogen-bond donors (Lipinski definition) is 2. The lowest BCUT2D eigenvalue weighted by molar-refractivity contribution is -0.116. The van der Waals surface area contributed by atoms with E-state index in [-0.39, 0.29) is 5.91 Å². The number of hydrogen-bond acceptors (Lipinski definition) is 5. The van der Waals surface area contributed by atoms with Crippen LogP contribution in [0.15, 0.2) is 34.9 Å². The average Bonchev–Trinajstić information content (AvgIpc) is 3.35. The Morgan fingerprint density at radius 3 is 2.60 bits per heavy atom. The van der Waals surface area contributed by atoms with Gasteiger partial charge in [-0.15, -0.1) is 0 Å². The molecule has 1 fully saturated rings. The molecular weight excluding hydrogens is 320 g/mol. The van der Waals surface area contributed by atoms with Crippen LogP contribution >= 0.6 is 0 Å². The Bertz CT molecular complexity index is 750. The van der Waals surface area contributed by atoms with Crippen molar-refractivity contribution in [3.05, 3.63) is 47.2 Å². The van der Waals surface area contributed by atoms with Crippen LogP contribution in [-0.4, -0.2) is 34.5 Å². The van der Waals surface area contributed by atoms with Gasteiger partial charge in [-0.2, -0.15) is 0 Å². The van der Waals surface area contributed by atoms with Gasteiger partial charge in [0.1, 0.15) is 5.76 Å². The SMILES string of the molecule is Cc1cc(NC(=O)CCN(Cc2ccc(C(N)=O)cc2)C2CC2)no1. The van der Waals surface area contributed by atoms with E-state index in [2.05, 4.69) is 15.4 Å². The molecule has 3 N–H and O–H groups in total. The summed E-state index contributed by atoms with van der Waals surface area (Å²) in [4.78, 5) is 25.5. The molecule has 0 bridgehead atoms. The predicted octanol–water partition coefficient (Wildman–Crippen LogP) is 2.08. The van der Waals surface area contributed by atoms with E-state index in [1.807, 2.05) is 12.1 Å². The van der Waals surface area contributed by atoms with Crippen molar-refractivity contribution >= 4 is 17.6 Å². The highest BCUT2D eigenvalue weighted by molar-refractivity contribution is 5.92. The standard InChI is InChI=1S/C18H22N4O3/c1-12-10-16(21-25-12)20-17(23)8-9-22(15-6-7-15)11-13-2-4-14(5-3-13)18(19)24/h2-5,10,15H,6-9,11H2,1H3,(H2,19,24)(H,20,21,23). The Kier molecular flexibility index (Phi) is 5.14. The highest BCUT2D eigenvalue weighted by Crippen LogP contribution is 2.28. The van der Waals surface area contributed by atoms with Gasteiger partial charge in [-0.3, -0.25) is 14.5 Å². The topological polar surface area (TPSA) is 101 Å². The van der Waals surface area contributed by atoms with Gasteiger partial charge in [-0.25, -0.2) is 0 Å². The third-order valence-electron chi connectivity index (χ3n) is 4.21. The number of aryl methyl sites for hydroxylation is 1. The maximum absolute atomic E-state index is 12.1. The molecule has 1 aromatic carbocycles. The van der Waals surface area contributed by atoms with E-state index in [1.165, 1.54) is 0 Å². The lowest BCUT2D eigenvalue weighted by Gasteiger charge is -2.21.